The van der Waals surface area contributed by atoms with Crippen molar-refractivity contribution in [3.05, 3.63) is 29.8 Å². The highest BCUT2D eigenvalue weighted by molar-refractivity contribution is 7.80. The fourth-order valence-electron chi connectivity index (χ4n) is 1.46. The van der Waals surface area contributed by atoms with E-state index in [1.54, 1.807) is 0 Å². The zero-order valence-corrected chi connectivity index (χ0v) is 12.1. The molecule has 1 nitrogen and oxygen atoms in total. The molecular formula is C15H24OS. The van der Waals surface area contributed by atoms with Crippen LogP contribution < -0.4 is 4.74 Å². The quantitative estimate of drug-likeness (QED) is 0.709. The van der Waals surface area contributed by atoms with E-state index < -0.39 is 0 Å². The molecule has 0 saturated carbocycles. The van der Waals surface area contributed by atoms with Crippen LogP contribution >= 0.6 is 12.6 Å². The van der Waals surface area contributed by atoms with Gasteiger partial charge in [0.05, 0.1) is 6.61 Å². The maximum Gasteiger partial charge on any atom is 0.119 e. The van der Waals surface area contributed by atoms with Gasteiger partial charge in [0.1, 0.15) is 5.75 Å². The molecule has 2 heteroatoms. The first kappa shape index (κ1) is 14.4. The Balaban J connectivity index is 2.45. The minimum atomic E-state index is 0.129. The van der Waals surface area contributed by atoms with Crippen molar-refractivity contribution in [2.45, 2.75) is 40.0 Å². The molecule has 0 spiro atoms. The van der Waals surface area contributed by atoms with Crippen LogP contribution in [0.4, 0.5) is 0 Å². The molecule has 0 bridgehead atoms. The van der Waals surface area contributed by atoms with Gasteiger partial charge in [-0.15, -0.1) is 0 Å². The average Bonchev–Trinajstić information content (AvgIpc) is 2.35. The Morgan fingerprint density at radius 3 is 2.35 bits per heavy atom. The molecule has 0 amide bonds. The molecule has 1 rings (SSSR count). The van der Waals surface area contributed by atoms with E-state index in [4.69, 9.17) is 4.74 Å². The lowest BCUT2D eigenvalue weighted by Crippen LogP contribution is -2.23. The normalized spacial score (nSPS) is 11.5. The molecule has 0 aliphatic heterocycles. The zero-order chi connectivity index (χ0) is 12.7. The maximum atomic E-state index is 5.77. The Hall–Kier alpha value is -0.630. The van der Waals surface area contributed by atoms with Gasteiger partial charge in [0.2, 0.25) is 0 Å². The van der Waals surface area contributed by atoms with Gasteiger partial charge < -0.3 is 4.74 Å². The molecule has 0 radical (unpaired) electrons. The third-order valence-corrected chi connectivity index (χ3v) is 3.66. The number of aryl methyl sites for hydroxylation is 1. The second-order valence-corrected chi connectivity index (χ2v) is 5.67. The van der Waals surface area contributed by atoms with Crippen LogP contribution in [0.15, 0.2) is 24.3 Å². The van der Waals surface area contributed by atoms with Gasteiger partial charge in [-0.05, 0) is 36.3 Å². The Morgan fingerprint density at radius 1 is 1.18 bits per heavy atom. The van der Waals surface area contributed by atoms with Crippen molar-refractivity contribution in [1.82, 2.24) is 0 Å². The first-order valence-electron chi connectivity index (χ1n) is 6.40. The van der Waals surface area contributed by atoms with Crippen molar-refractivity contribution < 1.29 is 4.74 Å². The lowest BCUT2D eigenvalue weighted by Gasteiger charge is -2.22. The summed E-state index contributed by atoms with van der Waals surface area (Å²) in [6.07, 6.45) is 3.67. The Bertz CT molecular complexity index is 316. The van der Waals surface area contributed by atoms with E-state index in [2.05, 4.69) is 57.7 Å². The smallest absolute Gasteiger partial charge is 0.119 e. The van der Waals surface area contributed by atoms with Gasteiger partial charge in [0.15, 0.2) is 0 Å². The van der Waals surface area contributed by atoms with Crippen molar-refractivity contribution in [2.24, 2.45) is 5.41 Å². The molecule has 0 unspecified atom stereocenters. The molecule has 96 valence electrons. The van der Waals surface area contributed by atoms with E-state index in [1.807, 2.05) is 0 Å². The summed E-state index contributed by atoms with van der Waals surface area (Å²) in [5, 5.41) is 0. The van der Waals surface area contributed by atoms with Crippen LogP contribution in [0.3, 0.4) is 0 Å². The largest absolute Gasteiger partial charge is 0.493 e. The Kier molecular flexibility index (Phi) is 5.90. The second-order valence-electron chi connectivity index (χ2n) is 5.36. The van der Waals surface area contributed by atoms with Gasteiger partial charge in [-0.2, -0.15) is 12.6 Å². The SMILES string of the molecule is CCCCc1ccc(OCC(C)(C)CS)cc1. The molecule has 0 N–H and O–H groups in total. The standard InChI is InChI=1S/C15H24OS/c1-4-5-6-13-7-9-14(10-8-13)16-11-15(2,3)12-17/h7-10,17H,4-6,11-12H2,1-3H3. The molecule has 0 aromatic heterocycles. The number of hydrogen-bond acceptors (Lipinski definition) is 2. The summed E-state index contributed by atoms with van der Waals surface area (Å²) in [7, 11) is 0. The second kappa shape index (κ2) is 6.95. The first-order chi connectivity index (χ1) is 8.07. The van der Waals surface area contributed by atoms with Crippen LogP contribution in [-0.4, -0.2) is 12.4 Å². The Labute approximate surface area is 111 Å². The summed E-state index contributed by atoms with van der Waals surface area (Å²) >= 11 is 4.32. The predicted octanol–water partition coefficient (Wildman–Crippen LogP) is 4.36. The van der Waals surface area contributed by atoms with Crippen LogP contribution in [0.5, 0.6) is 5.75 Å². The van der Waals surface area contributed by atoms with E-state index in [1.165, 1.54) is 24.8 Å². The minimum Gasteiger partial charge on any atom is -0.493 e. The number of unbranched alkanes of at least 4 members (excludes halogenated alkanes) is 1. The summed E-state index contributed by atoms with van der Waals surface area (Å²) in [6.45, 7) is 7.26. The van der Waals surface area contributed by atoms with Gasteiger partial charge >= 0.3 is 0 Å². The van der Waals surface area contributed by atoms with Gasteiger partial charge in [-0.3, -0.25) is 0 Å². The lowest BCUT2D eigenvalue weighted by molar-refractivity contribution is 0.202. The van der Waals surface area contributed by atoms with Crippen molar-refractivity contribution in [1.29, 1.82) is 0 Å². The number of rotatable bonds is 7. The van der Waals surface area contributed by atoms with Gasteiger partial charge in [0, 0.05) is 5.41 Å². The third-order valence-electron chi connectivity index (χ3n) is 2.80. The van der Waals surface area contributed by atoms with Crippen molar-refractivity contribution >= 4 is 12.6 Å². The highest BCUT2D eigenvalue weighted by atomic mass is 32.1. The summed E-state index contributed by atoms with van der Waals surface area (Å²) in [6, 6.07) is 8.47. The maximum absolute atomic E-state index is 5.77. The molecule has 0 saturated heterocycles. The van der Waals surface area contributed by atoms with Gasteiger partial charge in [-0.25, -0.2) is 0 Å². The topological polar surface area (TPSA) is 9.23 Å². The van der Waals surface area contributed by atoms with Crippen molar-refractivity contribution in [2.75, 3.05) is 12.4 Å². The van der Waals surface area contributed by atoms with E-state index in [0.29, 0.717) is 6.61 Å². The van der Waals surface area contributed by atoms with E-state index in [0.717, 1.165) is 11.5 Å². The van der Waals surface area contributed by atoms with Crippen LogP contribution in [0, 0.1) is 5.41 Å². The average molecular weight is 252 g/mol. The van der Waals surface area contributed by atoms with E-state index in [9.17, 15) is 0 Å². The molecule has 0 atom stereocenters. The van der Waals surface area contributed by atoms with E-state index >= 15 is 0 Å². The Morgan fingerprint density at radius 2 is 1.82 bits per heavy atom. The van der Waals surface area contributed by atoms with Crippen LogP contribution in [0.25, 0.3) is 0 Å². The number of thiol groups is 1. The van der Waals surface area contributed by atoms with Crippen molar-refractivity contribution in [3.63, 3.8) is 0 Å². The number of benzene rings is 1. The minimum absolute atomic E-state index is 0.129. The monoisotopic (exact) mass is 252 g/mol. The highest BCUT2D eigenvalue weighted by Gasteiger charge is 2.16. The molecule has 0 aliphatic carbocycles. The molecule has 0 fully saturated rings. The molecular weight excluding hydrogens is 228 g/mol. The van der Waals surface area contributed by atoms with Gasteiger partial charge in [-0.1, -0.05) is 39.3 Å². The molecule has 0 heterocycles. The van der Waals surface area contributed by atoms with Crippen LogP contribution in [0.1, 0.15) is 39.2 Å². The lowest BCUT2D eigenvalue weighted by atomic mass is 9.98. The fraction of sp³-hybridized carbons (Fsp3) is 0.600. The highest BCUT2D eigenvalue weighted by Crippen LogP contribution is 2.20. The molecule has 17 heavy (non-hydrogen) atoms. The molecule has 0 aliphatic rings. The summed E-state index contributed by atoms with van der Waals surface area (Å²) in [5.74, 6) is 1.79. The summed E-state index contributed by atoms with van der Waals surface area (Å²) in [4.78, 5) is 0. The predicted molar refractivity (Wildman–Crippen MR) is 78.2 cm³/mol. The van der Waals surface area contributed by atoms with Crippen molar-refractivity contribution in [3.8, 4) is 5.75 Å². The van der Waals surface area contributed by atoms with E-state index in [-0.39, 0.29) is 5.41 Å². The van der Waals surface area contributed by atoms with Crippen LogP contribution in [-0.2, 0) is 6.42 Å². The number of hydrogen-bond donors (Lipinski definition) is 1. The fourth-order valence-corrected chi connectivity index (χ4v) is 1.55. The summed E-state index contributed by atoms with van der Waals surface area (Å²) < 4.78 is 5.77. The number of ether oxygens (including phenoxy) is 1. The first-order valence-corrected chi connectivity index (χ1v) is 7.03. The zero-order valence-electron chi connectivity index (χ0n) is 11.2. The van der Waals surface area contributed by atoms with Gasteiger partial charge in [0.25, 0.3) is 0 Å². The molecule has 1 aromatic carbocycles. The van der Waals surface area contributed by atoms with Crippen LogP contribution in [0.2, 0.25) is 0 Å². The third kappa shape index (κ3) is 5.49. The molecule has 1 aromatic rings. The summed E-state index contributed by atoms with van der Waals surface area (Å²) in [5.41, 5.74) is 1.52.